The lowest BCUT2D eigenvalue weighted by Gasteiger charge is -2.32. The Labute approximate surface area is 222 Å². The predicted octanol–water partition coefficient (Wildman–Crippen LogP) is 3.88. The lowest BCUT2D eigenvalue weighted by molar-refractivity contribution is -0.134. The Balaban J connectivity index is 1.03. The minimum atomic E-state index is -0.742. The zero-order chi connectivity index (χ0) is 26.5. The number of ether oxygens (including phenoxy) is 3. The molecule has 0 unspecified atom stereocenters. The molecule has 2 aromatic rings. The first-order chi connectivity index (χ1) is 18.5. The number of rotatable bonds is 10. The van der Waals surface area contributed by atoms with E-state index in [4.69, 9.17) is 14.2 Å². The zero-order valence-corrected chi connectivity index (χ0v) is 21.9. The molecule has 1 amide bonds. The molecule has 1 aliphatic carbocycles. The summed E-state index contributed by atoms with van der Waals surface area (Å²) in [6.45, 7) is 6.63. The number of nitrogens with zero attached hydrogens (tertiary/aromatic N) is 4. The molecule has 3 heterocycles. The highest BCUT2D eigenvalue weighted by Gasteiger charge is 2.43. The molecule has 2 aliphatic heterocycles. The molecule has 1 aromatic heterocycles. The second-order valence-electron chi connectivity index (χ2n) is 10.3. The van der Waals surface area contributed by atoms with Gasteiger partial charge in [0.15, 0.2) is 5.75 Å². The van der Waals surface area contributed by atoms with E-state index in [1.54, 1.807) is 17.3 Å². The van der Waals surface area contributed by atoms with E-state index in [-0.39, 0.29) is 23.6 Å². The van der Waals surface area contributed by atoms with Crippen LogP contribution in [0.4, 0.5) is 14.7 Å². The average molecular weight is 531 g/mol. The quantitative estimate of drug-likeness (QED) is 0.462. The number of anilines is 1. The molecule has 5 rings (SSSR count). The number of amides is 1. The van der Waals surface area contributed by atoms with Crippen LogP contribution in [-0.4, -0.2) is 73.4 Å². The fraction of sp³-hybridized carbons (Fsp3) is 0.607. The van der Waals surface area contributed by atoms with Gasteiger partial charge in [-0.3, -0.25) is 4.79 Å². The lowest BCUT2D eigenvalue weighted by Crippen LogP contribution is -2.41. The standard InChI is InChI=1S/C28H36F2N4O4/c1-2-37-22-17-31-28(32-18-22)34-6-3-19(4-7-34)23-13-20(23)5-10-38-21-14-25(29)24(26(30)15-21)16-27(35)33-8-11-36-12-9-33/h14-15,17-20,23H,2-13,16H2,1H3/t20-,23-/m1/s1. The van der Waals surface area contributed by atoms with Gasteiger partial charge in [0.1, 0.15) is 17.4 Å². The van der Waals surface area contributed by atoms with Crippen LogP contribution in [0, 0.1) is 29.4 Å². The van der Waals surface area contributed by atoms with Crippen LogP contribution in [0.1, 0.15) is 38.2 Å². The van der Waals surface area contributed by atoms with Gasteiger partial charge in [-0.1, -0.05) is 0 Å². The van der Waals surface area contributed by atoms with Crippen molar-refractivity contribution in [2.45, 2.75) is 39.0 Å². The van der Waals surface area contributed by atoms with Gasteiger partial charge in [0.25, 0.3) is 0 Å². The summed E-state index contributed by atoms with van der Waals surface area (Å²) in [7, 11) is 0. The van der Waals surface area contributed by atoms with Crippen LogP contribution in [-0.2, 0) is 16.0 Å². The van der Waals surface area contributed by atoms with Gasteiger partial charge >= 0.3 is 0 Å². The third-order valence-electron chi connectivity index (χ3n) is 7.89. The third kappa shape index (κ3) is 6.51. The van der Waals surface area contributed by atoms with Crippen molar-refractivity contribution >= 4 is 11.9 Å². The van der Waals surface area contributed by atoms with Crippen LogP contribution in [0.15, 0.2) is 24.5 Å². The van der Waals surface area contributed by atoms with Gasteiger partial charge < -0.3 is 24.0 Å². The summed E-state index contributed by atoms with van der Waals surface area (Å²) in [6, 6.07) is 2.38. The van der Waals surface area contributed by atoms with Gasteiger partial charge in [0.05, 0.1) is 45.2 Å². The molecule has 206 valence electrons. The minimum absolute atomic E-state index is 0.170. The van der Waals surface area contributed by atoms with Crippen LogP contribution in [0.5, 0.6) is 11.5 Å². The minimum Gasteiger partial charge on any atom is -0.493 e. The molecule has 3 fully saturated rings. The van der Waals surface area contributed by atoms with E-state index >= 15 is 0 Å². The van der Waals surface area contributed by atoms with Crippen molar-refractivity contribution in [1.29, 1.82) is 0 Å². The summed E-state index contributed by atoms with van der Waals surface area (Å²) in [6.07, 6.45) is 7.42. The molecule has 2 atom stereocenters. The summed E-state index contributed by atoms with van der Waals surface area (Å²) in [5.41, 5.74) is -0.210. The Morgan fingerprint density at radius 3 is 2.37 bits per heavy atom. The second kappa shape index (κ2) is 12.2. The first-order valence-electron chi connectivity index (χ1n) is 13.7. The van der Waals surface area contributed by atoms with E-state index in [9.17, 15) is 13.6 Å². The molecule has 0 spiro atoms. The molecule has 0 N–H and O–H groups in total. The molecule has 1 saturated carbocycles. The Morgan fingerprint density at radius 2 is 1.71 bits per heavy atom. The normalized spacial score (nSPS) is 21.9. The summed E-state index contributed by atoms with van der Waals surface area (Å²) in [5, 5.41) is 0. The summed E-state index contributed by atoms with van der Waals surface area (Å²) < 4.78 is 45.6. The maximum absolute atomic E-state index is 14.6. The number of hydrogen-bond donors (Lipinski definition) is 0. The molecular formula is C28H36F2N4O4. The topological polar surface area (TPSA) is 77.0 Å². The molecule has 38 heavy (non-hydrogen) atoms. The van der Waals surface area contributed by atoms with Crippen molar-refractivity contribution in [3.05, 3.63) is 41.7 Å². The van der Waals surface area contributed by atoms with Gasteiger partial charge in [-0.2, -0.15) is 0 Å². The smallest absolute Gasteiger partial charge is 0.227 e. The summed E-state index contributed by atoms with van der Waals surface area (Å²) in [5.74, 6) is 1.79. The Bertz CT molecular complexity index is 1070. The number of carbonyl (C=O) groups is 1. The Morgan fingerprint density at radius 1 is 1.03 bits per heavy atom. The SMILES string of the molecule is CCOc1cnc(N2CCC([C@H]3C[C@H]3CCOc3cc(F)c(CC(=O)N4CCOCC4)c(F)c3)CC2)nc1. The van der Waals surface area contributed by atoms with Crippen LogP contribution < -0.4 is 14.4 Å². The first-order valence-corrected chi connectivity index (χ1v) is 13.7. The van der Waals surface area contributed by atoms with Crippen LogP contribution in [0.2, 0.25) is 0 Å². The largest absolute Gasteiger partial charge is 0.493 e. The highest BCUT2D eigenvalue weighted by Crippen LogP contribution is 2.49. The van der Waals surface area contributed by atoms with E-state index < -0.39 is 11.6 Å². The monoisotopic (exact) mass is 530 g/mol. The van der Waals surface area contributed by atoms with Crippen molar-refractivity contribution in [2.75, 3.05) is 57.5 Å². The van der Waals surface area contributed by atoms with Crippen LogP contribution >= 0.6 is 0 Å². The van der Waals surface area contributed by atoms with Crippen LogP contribution in [0.25, 0.3) is 0 Å². The molecule has 0 radical (unpaired) electrons. The molecule has 0 bridgehead atoms. The molecule has 3 aliphatic rings. The highest BCUT2D eigenvalue weighted by molar-refractivity contribution is 5.79. The first kappa shape index (κ1) is 26.6. The molecule has 8 nitrogen and oxygen atoms in total. The lowest BCUT2D eigenvalue weighted by atomic mass is 9.90. The third-order valence-corrected chi connectivity index (χ3v) is 7.89. The number of piperidine rings is 1. The van der Waals surface area contributed by atoms with Gasteiger partial charge in [0.2, 0.25) is 11.9 Å². The van der Waals surface area contributed by atoms with Crippen molar-refractivity contribution in [2.24, 2.45) is 17.8 Å². The Kier molecular flexibility index (Phi) is 8.56. The van der Waals surface area contributed by atoms with E-state index in [1.807, 2.05) is 6.92 Å². The fourth-order valence-electron chi connectivity index (χ4n) is 5.66. The Hall–Kier alpha value is -3.01. The molecule has 2 saturated heterocycles. The zero-order valence-electron chi connectivity index (χ0n) is 21.9. The van der Waals surface area contributed by atoms with E-state index in [2.05, 4.69) is 14.9 Å². The summed E-state index contributed by atoms with van der Waals surface area (Å²) in [4.78, 5) is 25.1. The number of halogens is 2. The maximum atomic E-state index is 14.6. The maximum Gasteiger partial charge on any atom is 0.227 e. The van der Waals surface area contributed by atoms with Gasteiger partial charge in [-0.15, -0.1) is 0 Å². The van der Waals surface area contributed by atoms with Crippen molar-refractivity contribution in [1.82, 2.24) is 14.9 Å². The molecule has 1 aromatic carbocycles. The van der Waals surface area contributed by atoms with Gasteiger partial charge in [-0.05, 0) is 50.4 Å². The van der Waals surface area contributed by atoms with E-state index in [1.165, 1.54) is 18.6 Å². The predicted molar refractivity (Wildman–Crippen MR) is 137 cm³/mol. The molecule has 10 heteroatoms. The van der Waals surface area contributed by atoms with E-state index in [0.29, 0.717) is 63.0 Å². The van der Waals surface area contributed by atoms with Crippen LogP contribution in [0.3, 0.4) is 0 Å². The number of morpholine rings is 1. The van der Waals surface area contributed by atoms with Gasteiger partial charge in [-0.25, -0.2) is 18.7 Å². The number of carbonyl (C=O) groups excluding carboxylic acids is 1. The van der Waals surface area contributed by atoms with Crippen molar-refractivity contribution < 1.29 is 27.8 Å². The van der Waals surface area contributed by atoms with Crippen molar-refractivity contribution in [3.63, 3.8) is 0 Å². The number of aromatic nitrogens is 2. The number of hydrogen-bond acceptors (Lipinski definition) is 7. The van der Waals surface area contributed by atoms with E-state index in [0.717, 1.165) is 38.3 Å². The second-order valence-corrected chi connectivity index (χ2v) is 10.3. The highest BCUT2D eigenvalue weighted by atomic mass is 19.1. The van der Waals surface area contributed by atoms with Gasteiger partial charge in [0, 0.05) is 43.9 Å². The average Bonchev–Trinajstić information content (AvgIpc) is 3.71. The fourth-order valence-corrected chi connectivity index (χ4v) is 5.66. The van der Waals surface area contributed by atoms with Crippen molar-refractivity contribution in [3.8, 4) is 11.5 Å². The molecular weight excluding hydrogens is 494 g/mol. The summed E-state index contributed by atoms with van der Waals surface area (Å²) >= 11 is 0. The number of benzene rings is 1.